The number of hydrogen-bond donors (Lipinski definition) is 2. The molecule has 0 unspecified atom stereocenters. The van der Waals surface area contributed by atoms with Gasteiger partial charge in [0.05, 0.1) is 53.9 Å². The topological polar surface area (TPSA) is 180 Å². The molecule has 3 heterocycles. The molecule has 14 heteroatoms. The summed E-state index contributed by atoms with van der Waals surface area (Å²) in [5, 5.41) is 3.32. The van der Waals surface area contributed by atoms with E-state index in [0.717, 1.165) is 28.4 Å². The monoisotopic (exact) mass is 663 g/mol. The Labute approximate surface area is 283 Å². The van der Waals surface area contributed by atoms with Gasteiger partial charge in [0.25, 0.3) is 5.91 Å². The lowest BCUT2D eigenvalue weighted by Crippen LogP contribution is -2.34. The summed E-state index contributed by atoms with van der Waals surface area (Å²) < 4.78 is 12.0. The van der Waals surface area contributed by atoms with Crippen LogP contribution in [0.4, 0.5) is 16.3 Å². The van der Waals surface area contributed by atoms with Crippen LogP contribution in [-0.4, -0.2) is 62.0 Å². The summed E-state index contributed by atoms with van der Waals surface area (Å²) in [6.45, 7) is 6.01. The largest absolute Gasteiger partial charge is 0.459 e. The Morgan fingerprint density at radius 1 is 0.939 bits per heavy atom. The number of fused-ring (bicyclic) bond motifs is 1. The van der Waals surface area contributed by atoms with Crippen LogP contribution in [0.15, 0.2) is 71.9 Å². The van der Waals surface area contributed by atoms with Crippen LogP contribution in [0.2, 0.25) is 0 Å². The van der Waals surface area contributed by atoms with Crippen LogP contribution < -0.4 is 16.0 Å². The normalized spacial score (nSPS) is 11.3. The number of hydrogen-bond acceptors (Lipinski definition) is 10. The maximum atomic E-state index is 13.9. The van der Waals surface area contributed by atoms with Crippen molar-refractivity contribution in [3.05, 3.63) is 107 Å². The number of benzene rings is 2. The molecular formula is C35H37N9O5. The van der Waals surface area contributed by atoms with Crippen LogP contribution in [0, 0.1) is 20.8 Å². The number of carbonyl (C=O) groups excluding carboxylic acids is 3. The first-order valence-electron chi connectivity index (χ1n) is 15.4. The number of imidazole rings is 1. The number of pyridine rings is 1. The number of methoxy groups -OCH3 is 1. The number of amides is 2. The molecule has 252 valence electrons. The van der Waals surface area contributed by atoms with Gasteiger partial charge in [0.2, 0.25) is 0 Å². The molecule has 3 N–H and O–H groups in total. The van der Waals surface area contributed by atoms with Crippen molar-refractivity contribution < 1.29 is 23.9 Å². The molecule has 0 aliphatic rings. The van der Waals surface area contributed by atoms with Gasteiger partial charge >= 0.3 is 12.1 Å². The average molecular weight is 664 g/mol. The van der Waals surface area contributed by atoms with E-state index in [0.29, 0.717) is 40.4 Å². The molecule has 2 aromatic carbocycles. The van der Waals surface area contributed by atoms with Crippen LogP contribution in [-0.2, 0) is 34.5 Å². The van der Waals surface area contributed by atoms with Gasteiger partial charge in [-0.3, -0.25) is 24.5 Å². The van der Waals surface area contributed by atoms with Crippen molar-refractivity contribution in [2.75, 3.05) is 23.9 Å². The van der Waals surface area contributed by atoms with Gasteiger partial charge in [-0.2, -0.15) is 4.99 Å². The van der Waals surface area contributed by atoms with E-state index in [1.165, 1.54) is 12.0 Å². The zero-order valence-electron chi connectivity index (χ0n) is 27.9. The number of ether oxygens (including phenoxy) is 2. The van der Waals surface area contributed by atoms with E-state index < -0.39 is 12.1 Å². The summed E-state index contributed by atoms with van der Waals surface area (Å²) in [6, 6.07) is 17.7. The zero-order chi connectivity index (χ0) is 35.1. The molecule has 0 fully saturated rings. The number of nitrogens with two attached hydrogens (primary N) is 1. The van der Waals surface area contributed by atoms with Gasteiger partial charge in [-0.1, -0.05) is 6.07 Å². The third-order valence-electron chi connectivity index (χ3n) is 7.90. The highest BCUT2D eigenvalue weighted by Crippen LogP contribution is 2.22. The van der Waals surface area contributed by atoms with Crippen LogP contribution in [0.3, 0.4) is 0 Å². The fraction of sp³-hybridized carbons (Fsp3) is 0.257. The lowest BCUT2D eigenvalue weighted by atomic mass is 10.1. The minimum Gasteiger partial charge on any atom is -0.459 e. The number of aliphatic imine (C=N–C) groups is 1. The molecule has 0 radical (unpaired) electrons. The second-order valence-electron chi connectivity index (χ2n) is 11.2. The highest BCUT2D eigenvalue weighted by atomic mass is 16.5. The number of esters is 1. The van der Waals surface area contributed by atoms with Gasteiger partial charge in [0, 0.05) is 36.6 Å². The van der Waals surface area contributed by atoms with E-state index in [9.17, 15) is 14.4 Å². The van der Waals surface area contributed by atoms with E-state index in [1.54, 1.807) is 48.7 Å². The first-order valence-corrected chi connectivity index (χ1v) is 15.4. The Morgan fingerprint density at radius 3 is 2.39 bits per heavy atom. The first kappa shape index (κ1) is 34.2. The Morgan fingerprint density at radius 2 is 1.67 bits per heavy atom. The maximum Gasteiger partial charge on any atom is 0.435 e. The summed E-state index contributed by atoms with van der Waals surface area (Å²) in [4.78, 5) is 61.2. The highest BCUT2D eigenvalue weighted by molar-refractivity contribution is 6.07. The van der Waals surface area contributed by atoms with E-state index in [4.69, 9.17) is 15.5 Å². The van der Waals surface area contributed by atoms with Crippen LogP contribution >= 0.6 is 0 Å². The third-order valence-corrected chi connectivity index (χ3v) is 7.90. The van der Waals surface area contributed by atoms with Gasteiger partial charge in [-0.25, -0.2) is 14.8 Å². The van der Waals surface area contributed by atoms with Crippen molar-refractivity contribution in [1.82, 2.24) is 24.5 Å². The zero-order valence-corrected chi connectivity index (χ0v) is 27.9. The number of carbonyl (C=O) groups is 3. The highest BCUT2D eigenvalue weighted by Gasteiger charge is 2.22. The Bertz CT molecular complexity index is 2030. The molecule has 0 saturated carbocycles. The predicted molar refractivity (Wildman–Crippen MR) is 184 cm³/mol. The second-order valence-corrected chi connectivity index (χ2v) is 11.2. The average Bonchev–Trinajstić information content (AvgIpc) is 3.42. The molecular weight excluding hydrogens is 626 g/mol. The molecule has 5 rings (SSSR count). The second kappa shape index (κ2) is 15.2. The van der Waals surface area contributed by atoms with E-state index >= 15 is 0 Å². The van der Waals surface area contributed by atoms with Crippen molar-refractivity contribution in [2.24, 2.45) is 17.8 Å². The Hall–Kier alpha value is -6.18. The van der Waals surface area contributed by atoms with Gasteiger partial charge in [-0.05, 0) is 75.4 Å². The lowest BCUT2D eigenvalue weighted by molar-refractivity contribution is -0.144. The number of anilines is 2. The number of amidine groups is 1. The lowest BCUT2D eigenvalue weighted by Gasteiger charge is -2.21. The number of rotatable bonds is 11. The Balaban J connectivity index is 1.27. The molecule has 0 aliphatic carbocycles. The fourth-order valence-electron chi connectivity index (χ4n) is 5.00. The number of nitrogens with zero attached hydrogens (tertiary/aromatic N) is 7. The Kier molecular flexibility index (Phi) is 10.6. The van der Waals surface area contributed by atoms with Crippen molar-refractivity contribution in [3.8, 4) is 0 Å². The quantitative estimate of drug-likeness (QED) is 0.115. The van der Waals surface area contributed by atoms with Crippen molar-refractivity contribution in [3.63, 3.8) is 0 Å². The maximum absolute atomic E-state index is 13.9. The number of aryl methyl sites for hydroxylation is 4. The molecule has 0 saturated heterocycles. The van der Waals surface area contributed by atoms with E-state index in [-0.39, 0.29) is 31.3 Å². The molecule has 0 bridgehead atoms. The fourth-order valence-corrected chi connectivity index (χ4v) is 5.00. The molecule has 0 aliphatic heterocycles. The van der Waals surface area contributed by atoms with Crippen LogP contribution in [0.5, 0.6) is 0 Å². The molecule has 0 atom stereocenters. The van der Waals surface area contributed by atoms with E-state index in [2.05, 4.69) is 30.0 Å². The van der Waals surface area contributed by atoms with Crippen LogP contribution in [0.25, 0.3) is 11.0 Å². The minimum atomic E-state index is -0.772. The SMILES string of the molecule is COC(=O)/N=C(/N)c1ccc(NCc2nc3cc(C(=O)N(CCC(=O)OCc4nc(C)c(C)nc4C)c4ccccn4)ccc3n2C)cc1. The summed E-state index contributed by atoms with van der Waals surface area (Å²) in [6.07, 6.45) is 0.771. The standard InChI is InChI=1S/C35H37N9O5/c1-21-22(2)40-28(23(3)39-21)20-49-32(45)15-17-44(30-8-6-7-16-37-30)34(46)25-11-14-29-27(18-25)41-31(43(29)4)19-38-26-12-9-24(10-13-26)33(36)42-35(47)48-5/h6-14,16,18,38H,15,17,19-20H2,1-5H3,(H2,36,42,47). The molecule has 3 aromatic heterocycles. The summed E-state index contributed by atoms with van der Waals surface area (Å²) in [5.41, 5.74) is 12.0. The molecule has 49 heavy (non-hydrogen) atoms. The molecule has 14 nitrogen and oxygen atoms in total. The molecule has 5 aromatic rings. The van der Waals surface area contributed by atoms with Gasteiger partial charge < -0.3 is 25.1 Å². The molecule has 2 amide bonds. The van der Waals surface area contributed by atoms with Crippen LogP contribution in [0.1, 0.15) is 50.9 Å². The first-order chi connectivity index (χ1) is 23.5. The number of nitrogens with one attached hydrogen (secondary N) is 1. The summed E-state index contributed by atoms with van der Waals surface area (Å²) >= 11 is 0. The van der Waals surface area contributed by atoms with Crippen molar-refractivity contribution in [2.45, 2.75) is 40.3 Å². The summed E-state index contributed by atoms with van der Waals surface area (Å²) in [7, 11) is 3.13. The smallest absolute Gasteiger partial charge is 0.435 e. The molecule has 0 spiro atoms. The van der Waals surface area contributed by atoms with E-state index in [1.807, 2.05) is 50.6 Å². The summed E-state index contributed by atoms with van der Waals surface area (Å²) in [5.74, 6) is 0.400. The minimum absolute atomic E-state index is 0.00430. The third kappa shape index (κ3) is 8.22. The van der Waals surface area contributed by atoms with Crippen molar-refractivity contribution >= 4 is 46.3 Å². The van der Waals surface area contributed by atoms with Gasteiger partial charge in [0.15, 0.2) is 0 Å². The van der Waals surface area contributed by atoms with Gasteiger partial charge in [0.1, 0.15) is 24.1 Å². The predicted octanol–water partition coefficient (Wildman–Crippen LogP) is 4.55. The van der Waals surface area contributed by atoms with Crippen molar-refractivity contribution in [1.29, 1.82) is 0 Å². The van der Waals surface area contributed by atoms with Gasteiger partial charge in [-0.15, -0.1) is 0 Å². The number of aromatic nitrogens is 5.